The van der Waals surface area contributed by atoms with E-state index in [4.69, 9.17) is 61.6 Å². The normalized spacial score (nSPS) is 49.3. The Morgan fingerprint density at radius 2 is 0.932 bits per heavy atom. The molecular formula is C49H82N2O37. The highest BCUT2D eigenvalue weighted by molar-refractivity contribution is 5.76. The van der Waals surface area contributed by atoms with Crippen molar-refractivity contribution < 1.29 is 183 Å². The highest BCUT2D eigenvalue weighted by Gasteiger charge is 2.61. The smallest absolute Gasteiger partial charge is 0.364 e. The molecular weight excluding hydrogens is 1210 g/mol. The maximum Gasteiger partial charge on any atom is 0.364 e. The summed E-state index contributed by atoms with van der Waals surface area (Å²) in [4.78, 5) is 38.9. The number of amides is 2. The first-order valence-corrected chi connectivity index (χ1v) is 28.0. The molecule has 7 aliphatic rings. The molecule has 36 atom stereocenters. The van der Waals surface area contributed by atoms with Crippen LogP contribution in [0.5, 0.6) is 0 Å². The highest BCUT2D eigenvalue weighted by atomic mass is 16.8. The van der Waals surface area contributed by atoms with E-state index in [9.17, 15) is 122 Å². The van der Waals surface area contributed by atoms with E-state index in [0.717, 1.165) is 13.8 Å². The topological polar surface area (TPSA) is 620 Å². The molecule has 0 spiro atoms. The third kappa shape index (κ3) is 15.3. The van der Waals surface area contributed by atoms with Crippen molar-refractivity contribution in [3.05, 3.63) is 0 Å². The predicted octanol–water partition coefficient (Wildman–Crippen LogP) is -14.7. The maximum absolute atomic E-state index is 13.3. The molecule has 510 valence electrons. The number of ether oxygens (including phenoxy) is 13. The lowest BCUT2D eigenvalue weighted by molar-refractivity contribution is -0.400. The summed E-state index contributed by atoms with van der Waals surface area (Å²) < 4.78 is 75.1. The Balaban J connectivity index is 1.16. The van der Waals surface area contributed by atoms with Crippen LogP contribution in [0.2, 0.25) is 0 Å². The molecule has 0 bridgehead atoms. The molecule has 2 amide bonds. The monoisotopic (exact) mass is 1290 g/mol. The van der Waals surface area contributed by atoms with Crippen molar-refractivity contribution in [1.29, 1.82) is 0 Å². The summed E-state index contributed by atoms with van der Waals surface area (Å²) in [6.07, 6.45) is -66.5. The third-order valence-corrected chi connectivity index (χ3v) is 16.3. The van der Waals surface area contributed by atoms with Crippen LogP contribution in [0, 0.1) is 0 Å². The molecule has 39 nitrogen and oxygen atoms in total. The van der Waals surface area contributed by atoms with Gasteiger partial charge >= 0.3 is 5.97 Å². The summed E-state index contributed by atoms with van der Waals surface area (Å²) in [5, 5.41) is 232. The number of carboxylic acids is 1. The van der Waals surface area contributed by atoms with Crippen molar-refractivity contribution in [2.45, 2.75) is 255 Å². The molecule has 0 aromatic carbocycles. The summed E-state index contributed by atoms with van der Waals surface area (Å²) in [6.45, 7) is -1.17. The van der Waals surface area contributed by atoms with Crippen molar-refractivity contribution in [1.82, 2.24) is 10.6 Å². The number of carbonyl (C=O) groups excluding carboxylic acids is 2. The van der Waals surface area contributed by atoms with Crippen LogP contribution < -0.4 is 10.6 Å². The van der Waals surface area contributed by atoms with Gasteiger partial charge in [-0.2, -0.15) is 0 Å². The molecule has 0 aromatic rings. The molecule has 7 heterocycles. The first-order chi connectivity index (χ1) is 41.3. The van der Waals surface area contributed by atoms with Gasteiger partial charge in [0.2, 0.25) is 11.8 Å². The lowest BCUT2D eigenvalue weighted by Crippen LogP contribution is -2.71. The number of carbonyl (C=O) groups is 3. The SMILES string of the molecule is CC(=O)N[C@@H]1[C@@H](O[C@@H]2O[C@H](CO)[C@@H](O[C@@H]3O[C@H](CO)[C@H](O[C@H]4O[C@H](CO)[C@H](O)[C@H](O)[C@H]4O)[C@H](O)[C@H]3O[C@@H]3O[C@@H](C)[C@@H](O)[C@@H](O)[C@@H]3O)[C@H](O)[C@H]2NC(C)=O)[C@@H](O)[C@@H](CO[C@]2(C(=O)O)C[C@H](O[C@@H]3O[C@@H](C)[C@@H](O)[C@@H](O)[C@@H]3O)[C@@H](O)[C@H]([C@H](O)[C@H](O)CO)O2)O[C@@H]1O. The van der Waals surface area contributed by atoms with E-state index in [-0.39, 0.29) is 0 Å². The first-order valence-electron chi connectivity index (χ1n) is 28.0. The average Bonchev–Trinajstić information content (AvgIpc) is 0.873. The van der Waals surface area contributed by atoms with Crippen LogP contribution in [-0.2, 0) is 76.0 Å². The van der Waals surface area contributed by atoms with Gasteiger partial charge in [-0.25, -0.2) is 4.79 Å². The number of aliphatic hydroxyl groups excluding tert-OH is 20. The predicted molar refractivity (Wildman–Crippen MR) is 269 cm³/mol. The molecule has 0 saturated carbocycles. The fourth-order valence-electron chi connectivity index (χ4n) is 11.2. The van der Waals surface area contributed by atoms with Crippen molar-refractivity contribution in [2.24, 2.45) is 0 Å². The molecule has 7 aliphatic heterocycles. The van der Waals surface area contributed by atoms with Crippen LogP contribution in [0.3, 0.4) is 0 Å². The van der Waals surface area contributed by atoms with E-state index in [1.165, 1.54) is 13.8 Å². The van der Waals surface area contributed by atoms with Crippen molar-refractivity contribution >= 4 is 17.8 Å². The lowest BCUT2D eigenvalue weighted by atomic mass is 9.90. The van der Waals surface area contributed by atoms with E-state index >= 15 is 0 Å². The molecule has 0 unspecified atom stereocenters. The Labute approximate surface area is 498 Å². The van der Waals surface area contributed by atoms with Crippen molar-refractivity contribution in [2.75, 3.05) is 33.0 Å². The van der Waals surface area contributed by atoms with E-state index in [2.05, 4.69) is 10.6 Å². The maximum atomic E-state index is 13.3. The van der Waals surface area contributed by atoms with Crippen LogP contribution in [0.25, 0.3) is 0 Å². The first kappa shape index (κ1) is 72.5. The summed E-state index contributed by atoms with van der Waals surface area (Å²) >= 11 is 0. The van der Waals surface area contributed by atoms with E-state index in [1.54, 1.807) is 0 Å². The molecule has 7 rings (SSSR count). The number of rotatable bonds is 22. The van der Waals surface area contributed by atoms with Crippen LogP contribution >= 0.6 is 0 Å². The second-order valence-electron chi connectivity index (χ2n) is 22.5. The highest BCUT2D eigenvalue weighted by Crippen LogP contribution is 2.40. The number of carboxylic acid groups (broad SMARTS) is 1. The van der Waals surface area contributed by atoms with Gasteiger partial charge in [0.05, 0.1) is 51.3 Å². The second kappa shape index (κ2) is 30.4. The third-order valence-electron chi connectivity index (χ3n) is 16.3. The largest absolute Gasteiger partial charge is 0.477 e. The molecule has 88 heavy (non-hydrogen) atoms. The summed E-state index contributed by atoms with van der Waals surface area (Å²) in [5.74, 6) is -7.07. The molecule has 0 radical (unpaired) electrons. The van der Waals surface area contributed by atoms with E-state index in [0.29, 0.717) is 0 Å². The van der Waals surface area contributed by atoms with Crippen LogP contribution in [0.15, 0.2) is 0 Å². The van der Waals surface area contributed by atoms with E-state index in [1.807, 2.05) is 0 Å². The fourth-order valence-corrected chi connectivity index (χ4v) is 11.2. The Bertz CT molecular complexity index is 2250. The van der Waals surface area contributed by atoms with Gasteiger partial charge in [-0.3, -0.25) is 9.59 Å². The summed E-state index contributed by atoms with van der Waals surface area (Å²) in [5.41, 5.74) is 0. The zero-order valence-corrected chi connectivity index (χ0v) is 47.4. The minimum Gasteiger partial charge on any atom is -0.477 e. The average molecular weight is 1290 g/mol. The number of nitrogens with one attached hydrogen (secondary N) is 2. The quantitative estimate of drug-likeness (QED) is 0.0479. The molecule has 23 N–H and O–H groups in total. The van der Waals surface area contributed by atoms with E-state index < -0.39 is 278 Å². The fraction of sp³-hybridized carbons (Fsp3) is 0.939. The van der Waals surface area contributed by atoms with Gasteiger partial charge in [0.1, 0.15) is 159 Å². The molecule has 7 saturated heterocycles. The van der Waals surface area contributed by atoms with Crippen LogP contribution in [0.1, 0.15) is 34.1 Å². The Hall–Kier alpha value is -2.91. The van der Waals surface area contributed by atoms with Crippen molar-refractivity contribution in [3.8, 4) is 0 Å². The summed E-state index contributed by atoms with van der Waals surface area (Å²) in [7, 11) is 0. The minimum absolute atomic E-state index is 0.907. The van der Waals surface area contributed by atoms with Crippen LogP contribution in [0.4, 0.5) is 0 Å². The molecule has 39 heteroatoms. The standard InChI is InChI=1S/C49H82N2O37/c1-11-23(59)30(66)33(69)44(77-11)80-16-5-49(48(74)75,88-40(27(16)63)25(61)15(58)6-52)76-10-20-28(64)39(22(42(73)79-20)51-14(4)57)86-43-21(50-13(3)56)29(65)37(18(8-54)82-43)85-47-41(87-45-34(70)31(67)24(60)12(2)78-45)36(72)38(19(9-55)83-47)84-46-35(71)32(68)26(62)17(7-53)81-46/h11-12,15-47,52-55,58-73H,5-10H2,1-4H3,(H,50,56)(H,51,57)(H,74,75)/t11-,12-,15+,16-,17+,18+,19+,20+,21+,22+,23+,24+,25+,26-,27+,28-,29+,30+,31+,32-,33-,34-,35+,36-,37+,38-,39+,40-,41+,42-,43-,44-,45-,46+,47-,49+/m0/s1. The number of hydrogen-bond donors (Lipinski definition) is 23. The van der Waals surface area contributed by atoms with Crippen LogP contribution in [-0.4, -0.2) is 378 Å². The Morgan fingerprint density at radius 1 is 0.477 bits per heavy atom. The molecule has 0 aliphatic carbocycles. The van der Waals surface area contributed by atoms with Gasteiger partial charge in [-0.15, -0.1) is 0 Å². The zero-order valence-electron chi connectivity index (χ0n) is 47.4. The van der Waals surface area contributed by atoms with Crippen molar-refractivity contribution in [3.63, 3.8) is 0 Å². The van der Waals surface area contributed by atoms with Gasteiger partial charge < -0.3 is 179 Å². The zero-order chi connectivity index (χ0) is 65.3. The minimum atomic E-state index is -3.16. The number of aliphatic hydroxyl groups is 20. The Morgan fingerprint density at radius 3 is 1.45 bits per heavy atom. The second-order valence-corrected chi connectivity index (χ2v) is 22.5. The molecule has 7 fully saturated rings. The van der Waals surface area contributed by atoms with Gasteiger partial charge in [0.25, 0.3) is 5.79 Å². The molecule has 0 aromatic heterocycles. The number of hydrogen-bond acceptors (Lipinski definition) is 36. The lowest BCUT2D eigenvalue weighted by Gasteiger charge is -2.51. The van der Waals surface area contributed by atoms with Gasteiger partial charge in [0.15, 0.2) is 37.7 Å². The number of aliphatic carboxylic acids is 1. The summed E-state index contributed by atoms with van der Waals surface area (Å²) in [6, 6.07) is -3.81. The van der Waals surface area contributed by atoms with Gasteiger partial charge in [0, 0.05) is 20.3 Å². The van der Waals surface area contributed by atoms with Gasteiger partial charge in [-0.05, 0) is 13.8 Å². The Kier molecular flexibility index (Phi) is 25.1. The van der Waals surface area contributed by atoms with Gasteiger partial charge in [-0.1, -0.05) is 0 Å².